The fourth-order valence-electron chi connectivity index (χ4n) is 6.29. The highest BCUT2D eigenvalue weighted by atomic mass is 35.5. The average molecular weight is 675 g/mol. The Morgan fingerprint density at radius 2 is 1.73 bits per heavy atom. The molecule has 0 bridgehead atoms. The number of esters is 1. The number of nitrogens with one attached hydrogen (secondary N) is 2. The largest absolute Gasteiger partial charge is 0.465 e. The zero-order valence-electron chi connectivity index (χ0n) is 24.7. The first kappa shape index (κ1) is 32.9. The molecule has 5 rings (SSSR count). The van der Waals surface area contributed by atoms with Crippen molar-refractivity contribution in [3.05, 3.63) is 105 Å². The van der Waals surface area contributed by atoms with Crippen LogP contribution >= 0.6 is 23.2 Å². The number of carbonyl (C=O) groups is 3. The molecule has 1 aliphatic carbocycles. The van der Waals surface area contributed by atoms with E-state index >= 15 is 0 Å². The van der Waals surface area contributed by atoms with Crippen molar-refractivity contribution in [2.75, 3.05) is 13.4 Å². The van der Waals surface area contributed by atoms with Gasteiger partial charge in [-0.2, -0.15) is 0 Å². The predicted octanol–water partition coefficient (Wildman–Crippen LogP) is 5.17. The Morgan fingerprint density at radius 1 is 0.978 bits per heavy atom. The molecular formula is C32H33Cl2N3O7S. The monoisotopic (exact) mass is 673 g/mol. The van der Waals surface area contributed by atoms with Gasteiger partial charge in [0.2, 0.25) is 10.0 Å². The molecule has 4 atom stereocenters. The van der Waals surface area contributed by atoms with Crippen molar-refractivity contribution < 1.29 is 32.4 Å². The molecule has 45 heavy (non-hydrogen) atoms. The molecular weight excluding hydrogens is 641 g/mol. The Labute approximate surface area is 272 Å². The summed E-state index contributed by atoms with van der Waals surface area (Å²) >= 11 is 13.0. The molecule has 2 N–H and O–H groups in total. The Kier molecular flexibility index (Phi) is 10.1. The minimum absolute atomic E-state index is 0.0526. The van der Waals surface area contributed by atoms with Gasteiger partial charge in [0.25, 0.3) is 11.8 Å². The number of amides is 2. The van der Waals surface area contributed by atoms with Gasteiger partial charge in [-0.25, -0.2) is 23.4 Å². The highest BCUT2D eigenvalue weighted by molar-refractivity contribution is 7.88. The molecule has 10 nitrogen and oxygen atoms in total. The molecule has 0 radical (unpaired) electrons. The first-order valence-electron chi connectivity index (χ1n) is 14.4. The minimum atomic E-state index is -3.61. The van der Waals surface area contributed by atoms with Gasteiger partial charge in [-0.3, -0.25) is 14.4 Å². The lowest BCUT2D eigenvalue weighted by Gasteiger charge is -2.49. The van der Waals surface area contributed by atoms with Crippen LogP contribution in [0, 0.1) is 0 Å². The molecule has 0 aromatic heterocycles. The fourth-order valence-corrected chi connectivity index (χ4v) is 7.63. The summed E-state index contributed by atoms with van der Waals surface area (Å²) in [6.45, 7) is -0.0526. The van der Waals surface area contributed by atoms with Crippen molar-refractivity contribution in [1.29, 1.82) is 0 Å². The second-order valence-electron chi connectivity index (χ2n) is 11.2. The summed E-state index contributed by atoms with van der Waals surface area (Å²) in [6, 6.07) is 16.3. The number of hydrogen-bond donors (Lipinski definition) is 2. The van der Waals surface area contributed by atoms with Gasteiger partial charge in [0.1, 0.15) is 0 Å². The van der Waals surface area contributed by atoms with Crippen LogP contribution in [-0.2, 0) is 31.0 Å². The number of halogens is 2. The molecule has 0 unspecified atom stereocenters. The molecule has 2 amide bonds. The predicted molar refractivity (Wildman–Crippen MR) is 169 cm³/mol. The van der Waals surface area contributed by atoms with Crippen LogP contribution in [0.2, 0.25) is 10.0 Å². The third kappa shape index (κ3) is 7.34. The molecule has 2 aliphatic rings. The first-order chi connectivity index (χ1) is 21.5. The number of hydroxylamine groups is 1. The summed E-state index contributed by atoms with van der Waals surface area (Å²) in [5.74, 6) is -2.36. The molecule has 1 heterocycles. The van der Waals surface area contributed by atoms with E-state index in [0.717, 1.165) is 19.1 Å². The summed E-state index contributed by atoms with van der Waals surface area (Å²) in [5, 5.41) is 0.636. The van der Waals surface area contributed by atoms with E-state index in [1.54, 1.807) is 71.6 Å². The summed E-state index contributed by atoms with van der Waals surface area (Å²) in [7, 11) is -2.32. The van der Waals surface area contributed by atoms with Crippen LogP contribution in [0.25, 0.3) is 0 Å². The van der Waals surface area contributed by atoms with Crippen molar-refractivity contribution in [1.82, 2.24) is 15.1 Å². The van der Waals surface area contributed by atoms with Crippen molar-refractivity contribution >= 4 is 51.0 Å². The van der Waals surface area contributed by atoms with Crippen molar-refractivity contribution in [3.63, 3.8) is 0 Å². The highest BCUT2D eigenvalue weighted by Crippen LogP contribution is 2.47. The van der Waals surface area contributed by atoms with Crippen LogP contribution in [0.3, 0.4) is 0 Å². The quantitative estimate of drug-likeness (QED) is 0.237. The minimum Gasteiger partial charge on any atom is -0.465 e. The van der Waals surface area contributed by atoms with E-state index < -0.39 is 45.9 Å². The standard InChI is InChI=1S/C32H33Cl2N3O7S/c1-43-32(40)20-9-7-8-19(16-20)18-44-35-30(38)28-22-10-3-4-11-23(22)31(39)37(29(28)24-15-14-21(33)17-25(24)34)27-13-6-5-12-26(27)36-45(2,41)42/h3-4,7-11,14-17,26-29,36H,5-6,12-13,18H2,1-2H3,(H,35,38)/t26-,27-,28-,29+/m1/s1. The van der Waals surface area contributed by atoms with Crippen LogP contribution in [0.4, 0.5) is 0 Å². The number of carbonyl (C=O) groups excluding carboxylic acids is 3. The van der Waals surface area contributed by atoms with Crippen LogP contribution in [0.15, 0.2) is 66.7 Å². The summed E-state index contributed by atoms with van der Waals surface area (Å²) in [5.41, 5.74) is 4.79. The van der Waals surface area contributed by atoms with Crippen molar-refractivity contribution in [2.45, 2.75) is 56.3 Å². The lowest BCUT2D eigenvalue weighted by Crippen LogP contribution is -2.59. The van der Waals surface area contributed by atoms with Gasteiger partial charge < -0.3 is 9.64 Å². The summed E-state index contributed by atoms with van der Waals surface area (Å²) < 4.78 is 32.3. The van der Waals surface area contributed by atoms with E-state index in [1.165, 1.54) is 7.11 Å². The number of hydrogen-bond acceptors (Lipinski definition) is 7. The van der Waals surface area contributed by atoms with Crippen LogP contribution < -0.4 is 10.2 Å². The van der Waals surface area contributed by atoms with Gasteiger partial charge in [0, 0.05) is 27.7 Å². The smallest absolute Gasteiger partial charge is 0.337 e. The topological polar surface area (TPSA) is 131 Å². The zero-order valence-corrected chi connectivity index (χ0v) is 27.0. The number of fused-ring (bicyclic) bond motifs is 1. The van der Waals surface area contributed by atoms with Crippen molar-refractivity contribution in [3.8, 4) is 0 Å². The van der Waals surface area contributed by atoms with E-state index in [1.807, 2.05) is 0 Å². The molecule has 3 aromatic carbocycles. The maximum absolute atomic E-state index is 14.3. The van der Waals surface area contributed by atoms with E-state index in [9.17, 15) is 22.8 Å². The lowest BCUT2D eigenvalue weighted by molar-refractivity contribution is -0.138. The molecule has 13 heteroatoms. The van der Waals surface area contributed by atoms with Gasteiger partial charge >= 0.3 is 5.97 Å². The van der Waals surface area contributed by atoms with Gasteiger partial charge in [-0.1, -0.05) is 72.4 Å². The normalized spacial score (nSPS) is 21.6. The fraction of sp³-hybridized carbons (Fsp3) is 0.344. The van der Waals surface area contributed by atoms with Crippen molar-refractivity contribution in [2.24, 2.45) is 0 Å². The average Bonchev–Trinajstić information content (AvgIpc) is 3.00. The summed E-state index contributed by atoms with van der Waals surface area (Å²) in [4.78, 5) is 47.7. The van der Waals surface area contributed by atoms with Gasteiger partial charge in [-0.15, -0.1) is 0 Å². The Morgan fingerprint density at radius 3 is 2.47 bits per heavy atom. The molecule has 238 valence electrons. The van der Waals surface area contributed by atoms with Gasteiger partial charge in [-0.05, 0) is 59.9 Å². The lowest BCUT2D eigenvalue weighted by atomic mass is 9.76. The third-order valence-electron chi connectivity index (χ3n) is 8.15. The Hall–Kier alpha value is -3.48. The van der Waals surface area contributed by atoms with Crippen LogP contribution in [-0.4, -0.2) is 56.6 Å². The number of sulfonamides is 1. The third-order valence-corrected chi connectivity index (χ3v) is 9.45. The molecule has 1 saturated carbocycles. The van der Waals surface area contributed by atoms with E-state index in [0.29, 0.717) is 45.7 Å². The maximum Gasteiger partial charge on any atom is 0.337 e. The van der Waals surface area contributed by atoms with Gasteiger partial charge in [0.05, 0.1) is 37.5 Å². The van der Waals surface area contributed by atoms with E-state index in [4.69, 9.17) is 32.8 Å². The molecule has 0 spiro atoms. The number of methoxy groups -OCH3 is 1. The Balaban J connectivity index is 1.55. The Bertz CT molecular complexity index is 1720. The second kappa shape index (κ2) is 13.9. The molecule has 3 aromatic rings. The number of ether oxygens (including phenoxy) is 1. The summed E-state index contributed by atoms with van der Waals surface area (Å²) in [6.07, 6.45) is 3.68. The number of rotatable bonds is 9. The zero-order chi connectivity index (χ0) is 32.3. The number of nitrogens with zero attached hydrogens (tertiary/aromatic N) is 1. The number of benzene rings is 3. The molecule has 1 fully saturated rings. The van der Waals surface area contributed by atoms with E-state index in [2.05, 4.69) is 10.2 Å². The maximum atomic E-state index is 14.3. The van der Waals surface area contributed by atoms with E-state index in [-0.39, 0.29) is 17.5 Å². The van der Waals surface area contributed by atoms with Gasteiger partial charge in [0.15, 0.2) is 0 Å². The second-order valence-corrected chi connectivity index (χ2v) is 13.8. The SMILES string of the molecule is COC(=O)c1cccc(CONC(=O)[C@@H]2c3ccccc3C(=O)N([C@@H]3CCCC[C@H]3NS(C)(=O)=O)[C@H]2c2ccc(Cl)cc2Cl)c1. The molecule has 1 aliphatic heterocycles. The van der Waals surface area contributed by atoms with Crippen LogP contribution in [0.1, 0.15) is 75.0 Å². The van der Waals surface area contributed by atoms with Crippen LogP contribution in [0.5, 0.6) is 0 Å². The first-order valence-corrected chi connectivity index (χ1v) is 17.1. The molecule has 0 saturated heterocycles. The highest BCUT2D eigenvalue weighted by Gasteiger charge is 2.49.